The summed E-state index contributed by atoms with van der Waals surface area (Å²) in [6, 6.07) is 11.6. The van der Waals surface area contributed by atoms with Crippen LogP contribution in [0.15, 0.2) is 30.3 Å². The van der Waals surface area contributed by atoms with Crippen molar-refractivity contribution >= 4 is 0 Å². The second-order valence-electron chi connectivity index (χ2n) is 5.65. The lowest BCUT2D eigenvalue weighted by molar-refractivity contribution is 0.430. The van der Waals surface area contributed by atoms with Crippen molar-refractivity contribution in [3.05, 3.63) is 35.9 Å². The van der Waals surface area contributed by atoms with Crippen LogP contribution in [0.5, 0.6) is 0 Å². The number of hydrogen-bond donors (Lipinski definition) is 1. The summed E-state index contributed by atoms with van der Waals surface area (Å²) in [6.45, 7) is 3.34. The van der Waals surface area contributed by atoms with Gasteiger partial charge in [0.1, 0.15) is 0 Å². The summed E-state index contributed by atoms with van der Waals surface area (Å²) in [4.78, 5) is 0. The third-order valence-corrected chi connectivity index (χ3v) is 3.97. The molecular weight excluding hydrogens is 218 g/mol. The van der Waals surface area contributed by atoms with Gasteiger partial charge in [-0.1, -0.05) is 50.1 Å². The molecule has 18 heavy (non-hydrogen) atoms. The Morgan fingerprint density at radius 2 is 1.94 bits per heavy atom. The minimum Gasteiger partial charge on any atom is -0.314 e. The van der Waals surface area contributed by atoms with Gasteiger partial charge in [0.2, 0.25) is 0 Å². The average molecular weight is 245 g/mol. The summed E-state index contributed by atoms with van der Waals surface area (Å²) in [7, 11) is 0. The van der Waals surface area contributed by atoms with E-state index in [0.717, 1.165) is 18.5 Å². The van der Waals surface area contributed by atoms with Crippen LogP contribution in [-0.4, -0.2) is 12.6 Å². The summed E-state index contributed by atoms with van der Waals surface area (Å²) in [5.74, 6) is 1.07. The molecule has 0 aliphatic heterocycles. The highest BCUT2D eigenvalue weighted by molar-refractivity contribution is 5.14. The molecule has 1 N–H and O–H groups in total. The Kier molecular flexibility index (Phi) is 5.73. The molecule has 0 aromatic heterocycles. The standard InChI is InChI=1S/C17H27N/c1-2-18-17(14-13-16-11-12-16)10-6-9-15-7-4-3-5-8-15/h3-5,7-8,16-18H,2,6,9-14H2,1H3. The fourth-order valence-electron chi connectivity index (χ4n) is 2.68. The summed E-state index contributed by atoms with van der Waals surface area (Å²) in [5.41, 5.74) is 1.48. The second-order valence-corrected chi connectivity index (χ2v) is 5.65. The molecule has 1 aromatic carbocycles. The molecule has 0 bridgehead atoms. The van der Waals surface area contributed by atoms with Crippen molar-refractivity contribution in [2.24, 2.45) is 5.92 Å². The maximum absolute atomic E-state index is 3.65. The summed E-state index contributed by atoms with van der Waals surface area (Å²) in [6.07, 6.45) is 9.68. The van der Waals surface area contributed by atoms with Gasteiger partial charge in [0.25, 0.3) is 0 Å². The quantitative estimate of drug-likeness (QED) is 0.688. The number of aryl methyl sites for hydroxylation is 1. The van der Waals surface area contributed by atoms with Crippen LogP contribution in [0.25, 0.3) is 0 Å². The van der Waals surface area contributed by atoms with Crippen molar-refractivity contribution in [1.82, 2.24) is 5.32 Å². The molecule has 1 heteroatoms. The van der Waals surface area contributed by atoms with Gasteiger partial charge < -0.3 is 5.32 Å². The molecular formula is C17H27N. The van der Waals surface area contributed by atoms with E-state index in [2.05, 4.69) is 42.6 Å². The van der Waals surface area contributed by atoms with Crippen LogP contribution in [-0.2, 0) is 6.42 Å². The molecule has 2 rings (SSSR count). The van der Waals surface area contributed by atoms with E-state index >= 15 is 0 Å². The van der Waals surface area contributed by atoms with E-state index in [1.165, 1.54) is 50.5 Å². The topological polar surface area (TPSA) is 12.0 Å². The van der Waals surface area contributed by atoms with E-state index in [-0.39, 0.29) is 0 Å². The maximum atomic E-state index is 3.65. The van der Waals surface area contributed by atoms with Gasteiger partial charge in [-0.2, -0.15) is 0 Å². The lowest BCUT2D eigenvalue weighted by atomic mass is 10.0. The van der Waals surface area contributed by atoms with Crippen molar-refractivity contribution < 1.29 is 0 Å². The van der Waals surface area contributed by atoms with E-state index in [0.29, 0.717) is 0 Å². The average Bonchev–Trinajstić information content (AvgIpc) is 3.21. The molecule has 0 saturated heterocycles. The van der Waals surface area contributed by atoms with E-state index in [1.807, 2.05) is 0 Å². The van der Waals surface area contributed by atoms with Gasteiger partial charge in [-0.25, -0.2) is 0 Å². The maximum Gasteiger partial charge on any atom is 0.00671 e. The Labute approximate surface area is 112 Å². The third-order valence-electron chi connectivity index (χ3n) is 3.97. The molecule has 0 amide bonds. The largest absolute Gasteiger partial charge is 0.314 e. The lowest BCUT2D eigenvalue weighted by Gasteiger charge is -2.17. The van der Waals surface area contributed by atoms with Gasteiger partial charge in [0.05, 0.1) is 0 Å². The molecule has 1 nitrogen and oxygen atoms in total. The zero-order valence-corrected chi connectivity index (χ0v) is 11.7. The summed E-state index contributed by atoms with van der Waals surface area (Å²) < 4.78 is 0. The Hall–Kier alpha value is -0.820. The highest BCUT2D eigenvalue weighted by atomic mass is 14.9. The molecule has 1 fully saturated rings. The number of hydrogen-bond acceptors (Lipinski definition) is 1. The van der Waals surface area contributed by atoms with Gasteiger partial charge in [-0.05, 0) is 50.1 Å². The Bertz CT molecular complexity index is 316. The second kappa shape index (κ2) is 7.58. The molecule has 1 aliphatic carbocycles. The third kappa shape index (κ3) is 5.22. The van der Waals surface area contributed by atoms with Crippen LogP contribution in [0, 0.1) is 5.92 Å². The molecule has 1 atom stereocenters. The summed E-state index contributed by atoms with van der Waals surface area (Å²) >= 11 is 0. The molecule has 1 aromatic rings. The Morgan fingerprint density at radius 3 is 2.61 bits per heavy atom. The lowest BCUT2D eigenvalue weighted by Crippen LogP contribution is -2.29. The van der Waals surface area contributed by atoms with Crippen LogP contribution in [0.1, 0.15) is 51.0 Å². The van der Waals surface area contributed by atoms with Gasteiger partial charge in [0, 0.05) is 6.04 Å². The number of rotatable bonds is 9. The SMILES string of the molecule is CCNC(CCCc1ccccc1)CCC1CC1. The summed E-state index contributed by atoms with van der Waals surface area (Å²) in [5, 5.41) is 3.65. The molecule has 1 aliphatic rings. The van der Waals surface area contributed by atoms with Crippen LogP contribution >= 0.6 is 0 Å². The predicted octanol–water partition coefficient (Wildman–Crippen LogP) is 4.18. The molecule has 1 unspecified atom stereocenters. The first-order valence-corrected chi connectivity index (χ1v) is 7.65. The highest BCUT2D eigenvalue weighted by Gasteiger charge is 2.22. The van der Waals surface area contributed by atoms with Crippen molar-refractivity contribution in [3.8, 4) is 0 Å². The fourth-order valence-corrected chi connectivity index (χ4v) is 2.68. The smallest absolute Gasteiger partial charge is 0.00671 e. The minimum atomic E-state index is 0.749. The zero-order chi connectivity index (χ0) is 12.6. The first-order valence-electron chi connectivity index (χ1n) is 7.65. The monoisotopic (exact) mass is 245 g/mol. The zero-order valence-electron chi connectivity index (χ0n) is 11.7. The van der Waals surface area contributed by atoms with Crippen LogP contribution in [0.3, 0.4) is 0 Å². The van der Waals surface area contributed by atoms with Gasteiger partial charge >= 0.3 is 0 Å². The van der Waals surface area contributed by atoms with E-state index in [1.54, 1.807) is 0 Å². The molecule has 1 saturated carbocycles. The number of benzene rings is 1. The van der Waals surface area contributed by atoms with Crippen LogP contribution in [0.4, 0.5) is 0 Å². The van der Waals surface area contributed by atoms with Crippen molar-refractivity contribution in [2.45, 2.75) is 57.9 Å². The van der Waals surface area contributed by atoms with E-state index in [9.17, 15) is 0 Å². The van der Waals surface area contributed by atoms with Crippen molar-refractivity contribution in [1.29, 1.82) is 0 Å². The van der Waals surface area contributed by atoms with Crippen molar-refractivity contribution in [2.75, 3.05) is 6.54 Å². The van der Waals surface area contributed by atoms with Gasteiger partial charge in [-0.3, -0.25) is 0 Å². The van der Waals surface area contributed by atoms with Crippen LogP contribution < -0.4 is 5.32 Å². The Balaban J connectivity index is 1.64. The Morgan fingerprint density at radius 1 is 1.17 bits per heavy atom. The van der Waals surface area contributed by atoms with E-state index in [4.69, 9.17) is 0 Å². The molecule has 0 heterocycles. The van der Waals surface area contributed by atoms with Crippen LogP contribution in [0.2, 0.25) is 0 Å². The van der Waals surface area contributed by atoms with Crippen molar-refractivity contribution in [3.63, 3.8) is 0 Å². The molecule has 100 valence electrons. The molecule has 0 radical (unpaired) electrons. The van der Waals surface area contributed by atoms with Gasteiger partial charge in [0.15, 0.2) is 0 Å². The first-order chi connectivity index (χ1) is 8.88. The fraction of sp³-hybridized carbons (Fsp3) is 0.647. The van der Waals surface area contributed by atoms with Gasteiger partial charge in [-0.15, -0.1) is 0 Å². The minimum absolute atomic E-state index is 0.749. The van der Waals surface area contributed by atoms with E-state index < -0.39 is 0 Å². The predicted molar refractivity (Wildman–Crippen MR) is 78.8 cm³/mol. The normalized spacial score (nSPS) is 16.7. The highest BCUT2D eigenvalue weighted by Crippen LogP contribution is 2.34. The number of nitrogens with one attached hydrogen (secondary N) is 1. The molecule has 0 spiro atoms. The first kappa shape index (κ1) is 13.6.